The second kappa shape index (κ2) is 7.53. The van der Waals surface area contributed by atoms with Gasteiger partial charge in [0.05, 0.1) is 0 Å². The first-order chi connectivity index (χ1) is 6.24. The van der Waals surface area contributed by atoms with Crippen molar-refractivity contribution in [2.75, 3.05) is 26.7 Å². The summed E-state index contributed by atoms with van der Waals surface area (Å²) in [6.07, 6.45) is 4.45. The third-order valence-electron chi connectivity index (χ3n) is 2.46. The minimum Gasteiger partial charge on any atom is -0.388 e. The van der Waals surface area contributed by atoms with Gasteiger partial charge in [0.15, 0.2) is 0 Å². The molecule has 2 nitrogen and oxygen atoms in total. The highest BCUT2D eigenvalue weighted by Crippen LogP contribution is 2.20. The van der Waals surface area contributed by atoms with Crippen molar-refractivity contribution < 1.29 is 9.47 Å². The van der Waals surface area contributed by atoms with E-state index in [9.17, 15) is 0 Å². The Morgan fingerprint density at radius 3 is 1.46 bits per heavy atom. The highest BCUT2D eigenvalue weighted by atomic mass is 28.3. The Balaban J connectivity index is 4.19. The van der Waals surface area contributed by atoms with Crippen LogP contribution in [0, 0.1) is 0 Å². The van der Waals surface area contributed by atoms with Gasteiger partial charge in [-0.1, -0.05) is 38.8 Å². The standard InChI is InChI=1S/C10H24O2Si/c1-5-7-13(8-6-2,9-11-3)10-12-4/h5-10H2,1-4H3. The van der Waals surface area contributed by atoms with E-state index in [0.29, 0.717) is 0 Å². The van der Waals surface area contributed by atoms with Crippen LogP contribution >= 0.6 is 0 Å². The van der Waals surface area contributed by atoms with E-state index in [1.165, 1.54) is 24.9 Å². The van der Waals surface area contributed by atoms with Crippen LogP contribution in [0.3, 0.4) is 0 Å². The van der Waals surface area contributed by atoms with Crippen molar-refractivity contribution in [3.05, 3.63) is 0 Å². The zero-order valence-corrected chi connectivity index (χ0v) is 10.6. The maximum atomic E-state index is 5.35. The van der Waals surface area contributed by atoms with Crippen LogP contribution in [0.25, 0.3) is 0 Å². The van der Waals surface area contributed by atoms with Crippen LogP contribution in [0.4, 0.5) is 0 Å². The third-order valence-corrected chi connectivity index (χ3v) is 7.39. The van der Waals surface area contributed by atoms with Crippen LogP contribution in [0.15, 0.2) is 0 Å². The maximum absolute atomic E-state index is 5.35. The molecule has 80 valence electrons. The maximum Gasteiger partial charge on any atom is 0.113 e. The first-order valence-electron chi connectivity index (χ1n) is 5.22. The lowest BCUT2D eigenvalue weighted by Gasteiger charge is -2.29. The van der Waals surface area contributed by atoms with Crippen LogP contribution in [0.1, 0.15) is 26.7 Å². The molecule has 0 bridgehead atoms. The van der Waals surface area contributed by atoms with Crippen LogP contribution < -0.4 is 0 Å². The Bertz CT molecular complexity index is 88.0. The number of rotatable bonds is 8. The smallest absolute Gasteiger partial charge is 0.113 e. The molecule has 0 radical (unpaired) electrons. The molecule has 0 amide bonds. The predicted molar refractivity (Wildman–Crippen MR) is 59.7 cm³/mol. The molecule has 0 aliphatic carbocycles. The Labute approximate surface area is 83.6 Å². The van der Waals surface area contributed by atoms with Gasteiger partial charge in [0.1, 0.15) is 8.07 Å². The fraction of sp³-hybridized carbons (Fsp3) is 1.00. The highest BCUT2D eigenvalue weighted by Gasteiger charge is 2.31. The largest absolute Gasteiger partial charge is 0.388 e. The van der Waals surface area contributed by atoms with Crippen molar-refractivity contribution in [3.63, 3.8) is 0 Å². The molecule has 0 saturated carbocycles. The first-order valence-corrected chi connectivity index (χ1v) is 8.05. The quantitative estimate of drug-likeness (QED) is 0.566. The van der Waals surface area contributed by atoms with E-state index in [-0.39, 0.29) is 0 Å². The Morgan fingerprint density at radius 2 is 1.23 bits per heavy atom. The van der Waals surface area contributed by atoms with Crippen LogP contribution in [-0.4, -0.2) is 34.8 Å². The molecule has 0 fully saturated rings. The summed E-state index contributed by atoms with van der Waals surface area (Å²) >= 11 is 0. The summed E-state index contributed by atoms with van der Waals surface area (Å²) in [7, 11) is 2.38. The van der Waals surface area contributed by atoms with Crippen molar-refractivity contribution in [2.45, 2.75) is 38.8 Å². The predicted octanol–water partition coefficient (Wildman–Crippen LogP) is 2.63. The van der Waals surface area contributed by atoms with Crippen molar-refractivity contribution >= 4 is 8.07 Å². The minimum atomic E-state index is -1.24. The van der Waals surface area contributed by atoms with Crippen LogP contribution in [-0.2, 0) is 9.47 Å². The fourth-order valence-electron chi connectivity index (χ4n) is 2.13. The van der Waals surface area contributed by atoms with E-state index in [4.69, 9.17) is 9.47 Å². The van der Waals surface area contributed by atoms with Crippen molar-refractivity contribution in [1.82, 2.24) is 0 Å². The van der Waals surface area contributed by atoms with E-state index >= 15 is 0 Å². The molecular weight excluding hydrogens is 180 g/mol. The van der Waals surface area contributed by atoms with E-state index in [1.54, 1.807) is 0 Å². The highest BCUT2D eigenvalue weighted by molar-refractivity contribution is 6.79. The van der Waals surface area contributed by atoms with Crippen LogP contribution in [0.5, 0.6) is 0 Å². The zero-order valence-electron chi connectivity index (χ0n) is 9.56. The monoisotopic (exact) mass is 204 g/mol. The first kappa shape index (κ1) is 13.1. The van der Waals surface area contributed by atoms with Crippen molar-refractivity contribution in [2.24, 2.45) is 0 Å². The van der Waals surface area contributed by atoms with Crippen molar-refractivity contribution in [3.8, 4) is 0 Å². The van der Waals surface area contributed by atoms with Gasteiger partial charge in [-0.15, -0.1) is 0 Å². The molecule has 0 unspecified atom stereocenters. The van der Waals surface area contributed by atoms with Gasteiger partial charge in [0.25, 0.3) is 0 Å². The van der Waals surface area contributed by atoms with Gasteiger partial charge in [0.2, 0.25) is 0 Å². The summed E-state index contributed by atoms with van der Waals surface area (Å²) in [5.41, 5.74) is 0. The lowest BCUT2D eigenvalue weighted by atomic mass is 10.6. The molecular formula is C10H24O2Si. The molecule has 0 spiro atoms. The third kappa shape index (κ3) is 4.79. The summed E-state index contributed by atoms with van der Waals surface area (Å²) in [5.74, 6) is 0. The summed E-state index contributed by atoms with van der Waals surface area (Å²) < 4.78 is 10.7. The second-order valence-corrected chi connectivity index (χ2v) is 8.44. The molecule has 13 heavy (non-hydrogen) atoms. The summed E-state index contributed by atoms with van der Waals surface area (Å²) in [4.78, 5) is 0. The second-order valence-electron chi connectivity index (χ2n) is 3.87. The lowest BCUT2D eigenvalue weighted by Crippen LogP contribution is -2.44. The van der Waals surface area contributed by atoms with Gasteiger partial charge in [-0.3, -0.25) is 0 Å². The molecule has 0 aromatic heterocycles. The van der Waals surface area contributed by atoms with Gasteiger partial charge in [-0.2, -0.15) is 0 Å². The van der Waals surface area contributed by atoms with Gasteiger partial charge in [0, 0.05) is 26.7 Å². The van der Waals surface area contributed by atoms with E-state index < -0.39 is 8.07 Å². The van der Waals surface area contributed by atoms with Crippen LogP contribution in [0.2, 0.25) is 12.1 Å². The minimum absolute atomic E-state index is 0.961. The van der Waals surface area contributed by atoms with Gasteiger partial charge in [-0.05, 0) is 0 Å². The average molecular weight is 204 g/mol. The molecule has 0 aromatic rings. The van der Waals surface area contributed by atoms with E-state index in [2.05, 4.69) is 13.8 Å². The number of ether oxygens (including phenoxy) is 2. The molecule has 0 rings (SSSR count). The van der Waals surface area contributed by atoms with E-state index in [0.717, 1.165) is 12.5 Å². The molecule has 0 atom stereocenters. The SMILES string of the molecule is CCC[Si](CCC)(COC)COC. The zero-order chi connectivity index (χ0) is 10.2. The molecule has 0 aliphatic heterocycles. The molecule has 3 heteroatoms. The Hall–Kier alpha value is 0.137. The van der Waals surface area contributed by atoms with Gasteiger partial charge in [-0.25, -0.2) is 0 Å². The number of hydrogen-bond donors (Lipinski definition) is 0. The van der Waals surface area contributed by atoms with Crippen molar-refractivity contribution in [1.29, 1.82) is 0 Å². The number of hydrogen-bond acceptors (Lipinski definition) is 2. The molecule has 0 aromatic carbocycles. The summed E-state index contributed by atoms with van der Waals surface area (Å²) in [6.45, 7) is 4.51. The Kier molecular flexibility index (Phi) is 7.61. The lowest BCUT2D eigenvalue weighted by molar-refractivity contribution is 0.214. The summed E-state index contributed by atoms with van der Waals surface area (Å²) in [5, 5.41) is 0. The molecule has 0 saturated heterocycles. The molecule has 0 N–H and O–H groups in total. The van der Waals surface area contributed by atoms with Gasteiger partial charge < -0.3 is 9.47 Å². The fourth-order valence-corrected chi connectivity index (χ4v) is 6.39. The molecule has 0 heterocycles. The Morgan fingerprint density at radius 1 is 0.846 bits per heavy atom. The summed E-state index contributed by atoms with van der Waals surface area (Å²) in [6, 6.07) is 2.67. The topological polar surface area (TPSA) is 18.5 Å². The number of methoxy groups -OCH3 is 2. The average Bonchev–Trinajstić information content (AvgIpc) is 2.06. The molecule has 0 aliphatic rings. The van der Waals surface area contributed by atoms with Gasteiger partial charge >= 0.3 is 0 Å². The normalized spacial score (nSPS) is 12.0. The van der Waals surface area contributed by atoms with E-state index in [1.807, 2.05) is 14.2 Å².